The number of primary amides is 1. The quantitative estimate of drug-likeness (QED) is 0.879. The van der Waals surface area contributed by atoms with E-state index in [1.165, 1.54) is 0 Å². The SMILES string of the molecule is NC(=O)C1CN(c2cc(C(F)(F)F)nc3ccccc23)CCN1. The predicted molar refractivity (Wildman–Crippen MR) is 79.9 cm³/mol. The van der Waals surface area contributed by atoms with Gasteiger partial charge in [0.15, 0.2) is 0 Å². The molecule has 0 bridgehead atoms. The lowest BCUT2D eigenvalue weighted by molar-refractivity contribution is -0.141. The van der Waals surface area contributed by atoms with Gasteiger partial charge in [0.25, 0.3) is 0 Å². The molecule has 1 saturated heterocycles. The van der Waals surface area contributed by atoms with Gasteiger partial charge in [0, 0.05) is 30.7 Å². The molecule has 1 amide bonds. The van der Waals surface area contributed by atoms with Crippen LogP contribution in [-0.2, 0) is 11.0 Å². The molecule has 1 fully saturated rings. The second-order valence-electron chi connectivity index (χ2n) is 5.40. The van der Waals surface area contributed by atoms with E-state index >= 15 is 0 Å². The van der Waals surface area contributed by atoms with E-state index in [0.717, 1.165) is 6.07 Å². The fraction of sp³-hybridized carbons (Fsp3) is 0.333. The van der Waals surface area contributed by atoms with Crippen LogP contribution in [0.5, 0.6) is 0 Å². The molecule has 0 aliphatic carbocycles. The minimum atomic E-state index is -4.53. The molecule has 1 aromatic heterocycles. The number of rotatable bonds is 2. The zero-order valence-electron chi connectivity index (χ0n) is 12.1. The molecule has 8 heteroatoms. The first-order chi connectivity index (χ1) is 10.9. The topological polar surface area (TPSA) is 71.2 Å². The molecule has 0 radical (unpaired) electrons. The Hall–Kier alpha value is -2.35. The first-order valence-corrected chi connectivity index (χ1v) is 7.11. The number of hydrogen-bond donors (Lipinski definition) is 2. The van der Waals surface area contributed by atoms with E-state index in [9.17, 15) is 18.0 Å². The van der Waals surface area contributed by atoms with Crippen molar-refractivity contribution in [2.24, 2.45) is 5.73 Å². The highest BCUT2D eigenvalue weighted by Gasteiger charge is 2.34. The number of carbonyl (C=O) groups is 1. The summed E-state index contributed by atoms with van der Waals surface area (Å²) < 4.78 is 39.3. The summed E-state index contributed by atoms with van der Waals surface area (Å²) in [6.45, 7) is 1.17. The van der Waals surface area contributed by atoms with Gasteiger partial charge in [-0.1, -0.05) is 18.2 Å². The molecule has 1 aliphatic heterocycles. The molecule has 3 N–H and O–H groups in total. The number of carbonyl (C=O) groups excluding carboxylic acids is 1. The molecule has 1 aliphatic rings. The fourth-order valence-corrected chi connectivity index (χ4v) is 2.72. The first kappa shape index (κ1) is 15.5. The van der Waals surface area contributed by atoms with Gasteiger partial charge in [-0.15, -0.1) is 0 Å². The zero-order valence-corrected chi connectivity index (χ0v) is 12.1. The van der Waals surface area contributed by atoms with Gasteiger partial charge in [-0.3, -0.25) is 4.79 Å². The third-order valence-electron chi connectivity index (χ3n) is 3.84. The smallest absolute Gasteiger partial charge is 0.368 e. The zero-order chi connectivity index (χ0) is 16.6. The number of amides is 1. The summed E-state index contributed by atoms with van der Waals surface area (Å²) in [4.78, 5) is 16.8. The summed E-state index contributed by atoms with van der Waals surface area (Å²) in [5.74, 6) is -0.524. The second-order valence-corrected chi connectivity index (χ2v) is 5.40. The van der Waals surface area contributed by atoms with E-state index in [1.807, 2.05) is 0 Å². The van der Waals surface area contributed by atoms with Gasteiger partial charge in [-0.2, -0.15) is 13.2 Å². The minimum absolute atomic E-state index is 0.223. The highest BCUT2D eigenvalue weighted by Crippen LogP contribution is 2.34. The third-order valence-corrected chi connectivity index (χ3v) is 3.84. The van der Waals surface area contributed by atoms with Crippen molar-refractivity contribution < 1.29 is 18.0 Å². The lowest BCUT2D eigenvalue weighted by Gasteiger charge is -2.34. The highest BCUT2D eigenvalue weighted by molar-refractivity contribution is 5.92. The molecule has 0 saturated carbocycles. The Labute approximate surface area is 130 Å². The van der Waals surface area contributed by atoms with Crippen molar-refractivity contribution >= 4 is 22.5 Å². The number of anilines is 1. The summed E-state index contributed by atoms with van der Waals surface area (Å²) in [7, 11) is 0. The van der Waals surface area contributed by atoms with E-state index < -0.39 is 23.8 Å². The molecule has 2 heterocycles. The van der Waals surface area contributed by atoms with Crippen LogP contribution < -0.4 is 16.0 Å². The number of nitrogens with zero attached hydrogens (tertiary/aromatic N) is 2. The van der Waals surface area contributed by atoms with Crippen LogP contribution in [0, 0.1) is 0 Å². The van der Waals surface area contributed by atoms with Gasteiger partial charge in [0.2, 0.25) is 5.91 Å². The van der Waals surface area contributed by atoms with Gasteiger partial charge in [-0.25, -0.2) is 4.98 Å². The van der Waals surface area contributed by atoms with Crippen LogP contribution in [0.3, 0.4) is 0 Å². The van der Waals surface area contributed by atoms with E-state index in [0.29, 0.717) is 24.2 Å². The Balaban J connectivity index is 2.10. The van der Waals surface area contributed by atoms with E-state index in [1.54, 1.807) is 29.2 Å². The Morgan fingerprint density at radius 2 is 2.09 bits per heavy atom. The van der Waals surface area contributed by atoms with Crippen LogP contribution in [-0.4, -0.2) is 36.6 Å². The molecule has 122 valence electrons. The monoisotopic (exact) mass is 324 g/mol. The van der Waals surface area contributed by atoms with Crippen LogP contribution in [0.1, 0.15) is 5.69 Å². The lowest BCUT2D eigenvalue weighted by atomic mass is 10.1. The largest absolute Gasteiger partial charge is 0.433 e. The summed E-state index contributed by atoms with van der Waals surface area (Å²) in [5, 5.41) is 3.57. The standard InChI is InChI=1S/C15H15F3N4O/c16-15(17,18)13-7-12(9-3-1-2-4-10(9)21-13)22-6-5-20-11(8-22)14(19)23/h1-4,7,11,20H,5-6,8H2,(H2,19,23). The second kappa shape index (κ2) is 5.69. The molecule has 1 aromatic carbocycles. The van der Waals surface area contributed by atoms with Crippen LogP contribution >= 0.6 is 0 Å². The predicted octanol–water partition coefficient (Wildman–Crippen LogP) is 1.52. The molecule has 3 rings (SSSR count). The van der Waals surface area contributed by atoms with Gasteiger partial charge in [-0.05, 0) is 12.1 Å². The van der Waals surface area contributed by atoms with Crippen molar-refractivity contribution in [2.75, 3.05) is 24.5 Å². The Kier molecular flexibility index (Phi) is 3.85. The molecule has 23 heavy (non-hydrogen) atoms. The lowest BCUT2D eigenvalue weighted by Crippen LogP contribution is -2.56. The first-order valence-electron chi connectivity index (χ1n) is 7.11. The molecule has 1 unspecified atom stereocenters. The number of fused-ring (bicyclic) bond motifs is 1. The van der Waals surface area contributed by atoms with Crippen molar-refractivity contribution in [3.05, 3.63) is 36.0 Å². The number of aromatic nitrogens is 1. The average molecular weight is 324 g/mol. The molecular weight excluding hydrogens is 309 g/mol. The molecule has 1 atom stereocenters. The normalized spacial score (nSPS) is 19.1. The number of nitrogens with two attached hydrogens (primary N) is 1. The van der Waals surface area contributed by atoms with Crippen molar-refractivity contribution in [3.63, 3.8) is 0 Å². The van der Waals surface area contributed by atoms with Gasteiger partial charge < -0.3 is 16.0 Å². The summed E-state index contributed by atoms with van der Waals surface area (Å²) in [6, 6.07) is 7.09. The van der Waals surface area contributed by atoms with E-state index in [2.05, 4.69) is 10.3 Å². The van der Waals surface area contributed by atoms with Gasteiger partial charge in [0.05, 0.1) is 5.52 Å². The fourth-order valence-electron chi connectivity index (χ4n) is 2.72. The number of piperazine rings is 1. The average Bonchev–Trinajstić information content (AvgIpc) is 2.53. The minimum Gasteiger partial charge on any atom is -0.368 e. The maximum atomic E-state index is 13.1. The number of nitrogens with one attached hydrogen (secondary N) is 1. The number of hydrogen-bond acceptors (Lipinski definition) is 4. The number of halogens is 3. The maximum absolute atomic E-state index is 13.1. The number of alkyl halides is 3. The summed E-state index contributed by atoms with van der Waals surface area (Å²) in [5.41, 5.74) is 5.04. The van der Waals surface area contributed by atoms with E-state index in [-0.39, 0.29) is 12.1 Å². The van der Waals surface area contributed by atoms with Crippen LogP contribution in [0.4, 0.5) is 18.9 Å². The Bertz CT molecular complexity index is 747. The Morgan fingerprint density at radius 3 is 2.78 bits per heavy atom. The molecular formula is C15H15F3N4O. The molecule has 5 nitrogen and oxygen atoms in total. The number of pyridine rings is 1. The number of para-hydroxylation sites is 1. The van der Waals surface area contributed by atoms with Crippen LogP contribution in [0.2, 0.25) is 0 Å². The van der Waals surface area contributed by atoms with Crippen LogP contribution in [0.15, 0.2) is 30.3 Å². The van der Waals surface area contributed by atoms with Crippen molar-refractivity contribution in [3.8, 4) is 0 Å². The maximum Gasteiger partial charge on any atom is 0.433 e. The third kappa shape index (κ3) is 3.07. The number of benzene rings is 1. The van der Waals surface area contributed by atoms with Crippen molar-refractivity contribution in [1.29, 1.82) is 0 Å². The molecule has 0 spiro atoms. The van der Waals surface area contributed by atoms with Crippen LogP contribution in [0.25, 0.3) is 10.9 Å². The highest BCUT2D eigenvalue weighted by atomic mass is 19.4. The summed E-state index contributed by atoms with van der Waals surface area (Å²) >= 11 is 0. The van der Waals surface area contributed by atoms with E-state index in [4.69, 9.17) is 5.73 Å². The summed E-state index contributed by atoms with van der Waals surface area (Å²) in [6.07, 6.45) is -4.53. The van der Waals surface area contributed by atoms with Gasteiger partial charge in [0.1, 0.15) is 11.7 Å². The molecule has 2 aromatic rings. The van der Waals surface area contributed by atoms with Crippen molar-refractivity contribution in [1.82, 2.24) is 10.3 Å². The van der Waals surface area contributed by atoms with Gasteiger partial charge >= 0.3 is 6.18 Å². The van der Waals surface area contributed by atoms with Crippen molar-refractivity contribution in [2.45, 2.75) is 12.2 Å². The Morgan fingerprint density at radius 1 is 1.35 bits per heavy atom.